The average Bonchev–Trinajstić information content (AvgIpc) is 2.90. The molecule has 1 fully saturated rings. The van der Waals surface area contributed by atoms with E-state index in [0.717, 1.165) is 31.9 Å². The van der Waals surface area contributed by atoms with Crippen LogP contribution in [0.1, 0.15) is 18.4 Å². The first kappa shape index (κ1) is 17.1. The van der Waals surface area contributed by atoms with Crippen molar-refractivity contribution in [3.8, 4) is 11.4 Å². The van der Waals surface area contributed by atoms with Gasteiger partial charge in [0.2, 0.25) is 11.7 Å². The highest BCUT2D eigenvalue weighted by atomic mass is 16.5. The van der Waals surface area contributed by atoms with Gasteiger partial charge in [0.15, 0.2) is 0 Å². The van der Waals surface area contributed by atoms with Gasteiger partial charge < -0.3 is 14.0 Å². The molecule has 6 heteroatoms. The number of nitrogens with zero attached hydrogens (tertiary/aromatic N) is 3. The molecule has 2 aromatic rings. The van der Waals surface area contributed by atoms with Crippen LogP contribution in [0.5, 0.6) is 0 Å². The van der Waals surface area contributed by atoms with Crippen LogP contribution in [0, 0.1) is 12.8 Å². The van der Waals surface area contributed by atoms with Crippen molar-refractivity contribution in [3.05, 3.63) is 35.7 Å². The number of benzene rings is 1. The van der Waals surface area contributed by atoms with Crippen LogP contribution in [0.4, 0.5) is 0 Å². The molecule has 1 aliphatic heterocycles. The summed E-state index contributed by atoms with van der Waals surface area (Å²) in [6.07, 6.45) is 0. The van der Waals surface area contributed by atoms with E-state index in [1.807, 2.05) is 12.1 Å². The largest absolute Gasteiger partial charge is 0.379 e. The molecule has 0 aliphatic carbocycles. The van der Waals surface area contributed by atoms with Gasteiger partial charge in [-0.1, -0.05) is 41.9 Å². The van der Waals surface area contributed by atoms with Gasteiger partial charge in [0, 0.05) is 18.0 Å². The van der Waals surface area contributed by atoms with E-state index in [-0.39, 0.29) is 0 Å². The van der Waals surface area contributed by atoms with Crippen LogP contribution in [0.15, 0.2) is 28.8 Å². The average molecular weight is 331 g/mol. The van der Waals surface area contributed by atoms with Crippen molar-refractivity contribution in [2.24, 2.45) is 5.92 Å². The van der Waals surface area contributed by atoms with Gasteiger partial charge >= 0.3 is 0 Å². The van der Waals surface area contributed by atoms with E-state index >= 15 is 0 Å². The van der Waals surface area contributed by atoms with Gasteiger partial charge in [-0.25, -0.2) is 0 Å². The van der Waals surface area contributed by atoms with Crippen molar-refractivity contribution >= 4 is 0 Å². The van der Waals surface area contributed by atoms with Gasteiger partial charge in [0.25, 0.3) is 0 Å². The van der Waals surface area contributed by atoms with E-state index < -0.39 is 0 Å². The fraction of sp³-hybridized carbons (Fsp3) is 0.556. The van der Waals surface area contributed by atoms with Crippen molar-refractivity contribution in [3.63, 3.8) is 0 Å². The Hall–Kier alpha value is -1.76. The minimum absolute atomic E-state index is 0.381. The zero-order valence-electron chi connectivity index (χ0n) is 14.4. The van der Waals surface area contributed by atoms with Crippen LogP contribution in [-0.4, -0.2) is 54.6 Å². The Bertz CT molecular complexity index is 619. The molecule has 1 aromatic carbocycles. The van der Waals surface area contributed by atoms with E-state index in [0.29, 0.717) is 37.4 Å². The van der Waals surface area contributed by atoms with E-state index in [1.54, 1.807) is 0 Å². The Morgan fingerprint density at radius 2 is 1.83 bits per heavy atom. The molecule has 0 N–H and O–H groups in total. The zero-order valence-corrected chi connectivity index (χ0v) is 14.4. The van der Waals surface area contributed by atoms with Crippen molar-refractivity contribution in [1.29, 1.82) is 0 Å². The summed E-state index contributed by atoms with van der Waals surface area (Å²) >= 11 is 0. The summed E-state index contributed by atoms with van der Waals surface area (Å²) in [5.41, 5.74) is 2.19. The van der Waals surface area contributed by atoms with Crippen molar-refractivity contribution in [1.82, 2.24) is 15.0 Å². The molecule has 3 rings (SSSR count). The van der Waals surface area contributed by atoms with Crippen molar-refractivity contribution < 1.29 is 14.0 Å². The molecule has 0 unspecified atom stereocenters. The van der Waals surface area contributed by atoms with Gasteiger partial charge in [-0.15, -0.1) is 0 Å². The number of aryl methyl sites for hydroxylation is 1. The molecule has 0 spiro atoms. The molecule has 1 aliphatic rings. The Labute approximate surface area is 142 Å². The minimum atomic E-state index is 0.381. The van der Waals surface area contributed by atoms with Crippen molar-refractivity contribution in [2.45, 2.75) is 20.4 Å². The summed E-state index contributed by atoms with van der Waals surface area (Å²) in [4.78, 5) is 6.81. The van der Waals surface area contributed by atoms with E-state index in [1.165, 1.54) is 5.56 Å². The van der Waals surface area contributed by atoms with Crippen LogP contribution < -0.4 is 0 Å². The summed E-state index contributed by atoms with van der Waals surface area (Å²) in [7, 11) is 0. The van der Waals surface area contributed by atoms with Crippen LogP contribution in [-0.2, 0) is 16.0 Å². The summed E-state index contributed by atoms with van der Waals surface area (Å²) in [5, 5.41) is 4.10. The summed E-state index contributed by atoms with van der Waals surface area (Å²) < 4.78 is 16.6. The zero-order chi connectivity index (χ0) is 16.8. The fourth-order valence-electron chi connectivity index (χ4n) is 2.77. The van der Waals surface area contributed by atoms with Crippen LogP contribution in [0.25, 0.3) is 11.4 Å². The monoisotopic (exact) mass is 331 g/mol. The predicted molar refractivity (Wildman–Crippen MR) is 90.6 cm³/mol. The first-order valence-corrected chi connectivity index (χ1v) is 8.52. The molecular formula is C18H25N3O3. The predicted octanol–water partition coefficient (Wildman–Crippen LogP) is 2.53. The lowest BCUT2D eigenvalue weighted by Crippen LogP contribution is -2.32. The highest BCUT2D eigenvalue weighted by Crippen LogP contribution is 2.17. The topological polar surface area (TPSA) is 60.6 Å². The number of ether oxygens (including phenoxy) is 2. The molecule has 130 valence electrons. The minimum Gasteiger partial charge on any atom is -0.379 e. The molecule has 1 saturated heterocycles. The molecule has 0 amide bonds. The fourth-order valence-corrected chi connectivity index (χ4v) is 2.77. The molecular weight excluding hydrogens is 306 g/mol. The summed E-state index contributed by atoms with van der Waals surface area (Å²) in [5.74, 6) is 1.66. The Morgan fingerprint density at radius 3 is 2.50 bits per heavy atom. The molecule has 24 heavy (non-hydrogen) atoms. The molecule has 2 heterocycles. The van der Waals surface area contributed by atoms with Crippen molar-refractivity contribution in [2.75, 3.05) is 39.5 Å². The maximum absolute atomic E-state index is 5.57. The molecule has 0 atom stereocenters. The van der Waals surface area contributed by atoms with Gasteiger partial charge in [-0.05, 0) is 13.5 Å². The molecule has 0 bridgehead atoms. The first-order chi connectivity index (χ1) is 11.7. The first-order valence-electron chi connectivity index (χ1n) is 8.52. The highest BCUT2D eigenvalue weighted by molar-refractivity contribution is 5.54. The Morgan fingerprint density at radius 1 is 1.12 bits per heavy atom. The van der Waals surface area contributed by atoms with Crippen LogP contribution >= 0.6 is 0 Å². The van der Waals surface area contributed by atoms with Crippen LogP contribution in [0.2, 0.25) is 0 Å². The second-order valence-corrected chi connectivity index (χ2v) is 6.22. The lowest BCUT2D eigenvalue weighted by Gasteiger charge is -2.23. The van der Waals surface area contributed by atoms with Gasteiger partial charge in [-0.3, -0.25) is 4.90 Å². The molecule has 0 radical (unpaired) electrons. The Kier molecular flexibility index (Phi) is 5.96. The van der Waals surface area contributed by atoms with Crippen LogP contribution in [0.3, 0.4) is 0 Å². The second-order valence-electron chi connectivity index (χ2n) is 6.22. The SMILES string of the molecule is CCN(Cc1nc(-c2ccc(C)cc2)no1)CC1COCCOC1. The van der Waals surface area contributed by atoms with Gasteiger partial charge in [0.1, 0.15) is 0 Å². The maximum Gasteiger partial charge on any atom is 0.241 e. The summed E-state index contributed by atoms with van der Waals surface area (Å²) in [6.45, 7) is 9.52. The number of aromatic nitrogens is 2. The third-order valence-electron chi connectivity index (χ3n) is 4.18. The lowest BCUT2D eigenvalue weighted by atomic mass is 10.1. The quantitative estimate of drug-likeness (QED) is 0.811. The molecule has 0 saturated carbocycles. The summed E-state index contributed by atoms with van der Waals surface area (Å²) in [6, 6.07) is 8.13. The maximum atomic E-state index is 5.57. The molecule has 6 nitrogen and oxygen atoms in total. The number of hydrogen-bond acceptors (Lipinski definition) is 6. The second kappa shape index (κ2) is 8.37. The number of rotatable bonds is 6. The van der Waals surface area contributed by atoms with E-state index in [9.17, 15) is 0 Å². The highest BCUT2D eigenvalue weighted by Gasteiger charge is 2.19. The Balaban J connectivity index is 1.60. The van der Waals surface area contributed by atoms with E-state index in [4.69, 9.17) is 14.0 Å². The third-order valence-corrected chi connectivity index (χ3v) is 4.18. The lowest BCUT2D eigenvalue weighted by molar-refractivity contribution is 0.0993. The molecule has 1 aromatic heterocycles. The van der Waals surface area contributed by atoms with E-state index in [2.05, 4.69) is 41.0 Å². The smallest absolute Gasteiger partial charge is 0.241 e. The van der Waals surface area contributed by atoms with Gasteiger partial charge in [-0.2, -0.15) is 4.98 Å². The normalized spacial score (nSPS) is 16.5. The third kappa shape index (κ3) is 4.63. The number of hydrogen-bond donors (Lipinski definition) is 0. The van der Waals surface area contributed by atoms with Gasteiger partial charge in [0.05, 0.1) is 33.0 Å². The standard InChI is InChI=1S/C18H25N3O3/c1-3-21(10-15-12-22-8-9-23-13-15)11-17-19-18(20-24-17)16-6-4-14(2)5-7-16/h4-7,15H,3,8-13H2,1-2H3.